The number of benzene rings is 1. The third-order valence-electron chi connectivity index (χ3n) is 3.97. The van der Waals surface area contributed by atoms with Crippen LogP contribution >= 0.6 is 11.3 Å². The van der Waals surface area contributed by atoms with Crippen LogP contribution in [0.3, 0.4) is 0 Å². The third kappa shape index (κ3) is 3.64. The Morgan fingerprint density at radius 2 is 1.92 bits per heavy atom. The molecule has 2 heterocycles. The van der Waals surface area contributed by atoms with Gasteiger partial charge in [0.1, 0.15) is 6.61 Å². The van der Waals surface area contributed by atoms with Gasteiger partial charge in [-0.15, -0.1) is 11.3 Å². The van der Waals surface area contributed by atoms with Gasteiger partial charge in [0, 0.05) is 17.1 Å². The fraction of sp³-hybridized carbons (Fsp3) is 0.316. The largest absolute Gasteiger partial charge is 0.456 e. The average molecular weight is 356 g/mol. The Labute approximate surface area is 149 Å². The van der Waals surface area contributed by atoms with Gasteiger partial charge in [0.05, 0.1) is 11.3 Å². The normalized spacial score (nSPS) is 11.7. The maximum absolute atomic E-state index is 12.2. The lowest BCUT2D eigenvalue weighted by molar-refractivity contribution is 0.0467. The van der Waals surface area contributed by atoms with Gasteiger partial charge in [-0.3, -0.25) is 9.20 Å². The van der Waals surface area contributed by atoms with Crippen molar-refractivity contribution in [2.45, 2.75) is 39.7 Å². The summed E-state index contributed by atoms with van der Waals surface area (Å²) in [4.78, 5) is 29.3. The molecule has 0 saturated heterocycles. The third-order valence-corrected chi connectivity index (χ3v) is 4.91. The zero-order valence-corrected chi connectivity index (χ0v) is 15.5. The van der Waals surface area contributed by atoms with E-state index in [1.807, 2.05) is 24.4 Å². The highest BCUT2D eigenvalue weighted by molar-refractivity contribution is 7.15. The van der Waals surface area contributed by atoms with Gasteiger partial charge in [-0.25, -0.2) is 9.78 Å². The van der Waals surface area contributed by atoms with Crippen LogP contribution in [-0.4, -0.2) is 15.4 Å². The monoisotopic (exact) mass is 356 g/mol. The van der Waals surface area contributed by atoms with Crippen molar-refractivity contribution in [3.05, 3.63) is 68.6 Å². The van der Waals surface area contributed by atoms with E-state index in [1.165, 1.54) is 17.4 Å². The fourth-order valence-electron chi connectivity index (χ4n) is 2.50. The molecule has 0 aliphatic heterocycles. The van der Waals surface area contributed by atoms with Crippen molar-refractivity contribution in [2.24, 2.45) is 0 Å². The summed E-state index contributed by atoms with van der Waals surface area (Å²) >= 11 is 1.39. The Hall–Kier alpha value is -2.47. The summed E-state index contributed by atoms with van der Waals surface area (Å²) in [5.41, 5.74) is 2.80. The molecule has 0 aliphatic rings. The smallest absolute Gasteiger partial charge is 0.338 e. The number of esters is 1. The number of carbonyl (C=O) groups excluding carboxylic acids is 1. The van der Waals surface area contributed by atoms with E-state index in [1.54, 1.807) is 16.5 Å². The summed E-state index contributed by atoms with van der Waals surface area (Å²) < 4.78 is 6.85. The molecule has 0 N–H and O–H groups in total. The van der Waals surface area contributed by atoms with Crippen molar-refractivity contribution < 1.29 is 9.53 Å². The molecule has 0 amide bonds. The number of carbonyl (C=O) groups is 1. The number of rotatable bonds is 3. The lowest BCUT2D eigenvalue weighted by Crippen LogP contribution is -2.16. The molecule has 0 fully saturated rings. The van der Waals surface area contributed by atoms with E-state index in [0.29, 0.717) is 16.2 Å². The Kier molecular flexibility index (Phi) is 4.47. The number of ether oxygens (including phenoxy) is 1. The predicted octanol–water partition coefficient (Wildman–Crippen LogP) is 3.72. The summed E-state index contributed by atoms with van der Waals surface area (Å²) in [6, 6.07) is 8.79. The molecule has 0 spiro atoms. The fourth-order valence-corrected chi connectivity index (χ4v) is 3.39. The highest BCUT2D eigenvalue weighted by Crippen LogP contribution is 2.22. The second-order valence-corrected chi connectivity index (χ2v) is 7.82. The van der Waals surface area contributed by atoms with Crippen molar-refractivity contribution >= 4 is 22.3 Å². The molecule has 25 heavy (non-hydrogen) atoms. The minimum absolute atomic E-state index is 0.0253. The van der Waals surface area contributed by atoms with E-state index >= 15 is 0 Å². The van der Waals surface area contributed by atoms with Crippen molar-refractivity contribution in [1.29, 1.82) is 0 Å². The molecule has 5 nitrogen and oxygen atoms in total. The van der Waals surface area contributed by atoms with Crippen LogP contribution in [0.25, 0.3) is 4.96 Å². The first-order chi connectivity index (χ1) is 11.8. The van der Waals surface area contributed by atoms with E-state index in [2.05, 4.69) is 25.8 Å². The maximum atomic E-state index is 12.2. The predicted molar refractivity (Wildman–Crippen MR) is 98.3 cm³/mol. The summed E-state index contributed by atoms with van der Waals surface area (Å²) in [5, 5.41) is 1.87. The molecule has 6 heteroatoms. The first kappa shape index (κ1) is 17.4. The molecule has 0 unspecified atom stereocenters. The Morgan fingerprint density at radius 1 is 1.24 bits per heavy atom. The van der Waals surface area contributed by atoms with Crippen molar-refractivity contribution in [3.63, 3.8) is 0 Å². The van der Waals surface area contributed by atoms with E-state index in [0.717, 1.165) is 11.3 Å². The first-order valence-electron chi connectivity index (χ1n) is 8.00. The number of nitrogens with zero attached hydrogens (tertiary/aromatic N) is 2. The van der Waals surface area contributed by atoms with Gasteiger partial charge in [-0.1, -0.05) is 32.9 Å². The molecule has 0 radical (unpaired) electrons. The first-order valence-corrected chi connectivity index (χ1v) is 8.88. The second kappa shape index (κ2) is 6.44. The molecule has 0 saturated carbocycles. The number of hydrogen-bond acceptors (Lipinski definition) is 5. The van der Waals surface area contributed by atoms with E-state index in [4.69, 9.17) is 4.74 Å². The van der Waals surface area contributed by atoms with Crippen LogP contribution in [0.5, 0.6) is 0 Å². The van der Waals surface area contributed by atoms with Gasteiger partial charge in [0.15, 0.2) is 4.96 Å². The molecule has 3 aromatic rings. The van der Waals surface area contributed by atoms with E-state index < -0.39 is 5.97 Å². The summed E-state index contributed by atoms with van der Waals surface area (Å²) in [6.07, 6.45) is 0. The van der Waals surface area contributed by atoms with Gasteiger partial charge in [-0.2, -0.15) is 0 Å². The minimum atomic E-state index is -0.426. The molecule has 3 rings (SSSR count). The van der Waals surface area contributed by atoms with Crippen molar-refractivity contribution in [1.82, 2.24) is 9.38 Å². The summed E-state index contributed by atoms with van der Waals surface area (Å²) in [6.45, 7) is 8.18. The highest BCUT2D eigenvalue weighted by Gasteiger charge is 2.15. The van der Waals surface area contributed by atoms with E-state index in [9.17, 15) is 9.59 Å². The van der Waals surface area contributed by atoms with Gasteiger partial charge in [-0.05, 0) is 30.0 Å². The Morgan fingerprint density at radius 3 is 2.56 bits per heavy atom. The van der Waals surface area contributed by atoms with Gasteiger partial charge in [0.25, 0.3) is 5.56 Å². The van der Waals surface area contributed by atoms with Crippen LogP contribution in [0.15, 0.2) is 40.5 Å². The highest BCUT2D eigenvalue weighted by atomic mass is 32.1. The van der Waals surface area contributed by atoms with Crippen LogP contribution < -0.4 is 5.56 Å². The molecule has 0 aliphatic carbocycles. The molecule has 130 valence electrons. The van der Waals surface area contributed by atoms with Gasteiger partial charge in [0.2, 0.25) is 0 Å². The number of thiazole rings is 1. The maximum Gasteiger partial charge on any atom is 0.338 e. The van der Waals surface area contributed by atoms with Crippen molar-refractivity contribution in [2.75, 3.05) is 0 Å². The van der Waals surface area contributed by atoms with Crippen LogP contribution in [0, 0.1) is 6.92 Å². The van der Waals surface area contributed by atoms with E-state index in [-0.39, 0.29) is 17.6 Å². The lowest BCUT2D eigenvalue weighted by Gasteiger charge is -2.18. The quantitative estimate of drug-likeness (QED) is 0.671. The molecule has 0 atom stereocenters. The topological polar surface area (TPSA) is 60.7 Å². The van der Waals surface area contributed by atoms with Crippen molar-refractivity contribution in [3.8, 4) is 0 Å². The number of hydrogen-bond donors (Lipinski definition) is 0. The zero-order valence-electron chi connectivity index (χ0n) is 14.7. The minimum Gasteiger partial charge on any atom is -0.456 e. The molecule has 0 bridgehead atoms. The van der Waals surface area contributed by atoms with Gasteiger partial charge >= 0.3 is 5.97 Å². The number of fused-ring (bicyclic) bond motifs is 1. The second-order valence-electron chi connectivity index (χ2n) is 6.98. The molecular formula is C19H20N2O3S. The molecular weight excluding hydrogens is 336 g/mol. The van der Waals surface area contributed by atoms with Crippen LogP contribution in [0.1, 0.15) is 48.1 Å². The lowest BCUT2D eigenvalue weighted by atomic mass is 9.87. The molecule has 2 aromatic heterocycles. The Bertz CT molecular complexity index is 979. The molecule has 1 aromatic carbocycles. The number of aromatic nitrogens is 2. The Balaban J connectivity index is 1.73. The number of aryl methyl sites for hydroxylation is 1. The summed E-state index contributed by atoms with van der Waals surface area (Å²) in [7, 11) is 0. The standard InChI is InChI=1S/C19H20N2O3S/c1-12-11-25-18-20-15(9-16(22)21(12)18)10-24-17(23)13-5-7-14(8-6-13)19(2,3)4/h5-9,11H,10H2,1-4H3. The zero-order chi connectivity index (χ0) is 18.2. The van der Waals surface area contributed by atoms with Crippen LogP contribution in [0.4, 0.5) is 0 Å². The average Bonchev–Trinajstić information content (AvgIpc) is 2.93. The van der Waals surface area contributed by atoms with Crippen LogP contribution in [-0.2, 0) is 16.8 Å². The summed E-state index contributed by atoms with van der Waals surface area (Å²) in [5.74, 6) is -0.426. The van der Waals surface area contributed by atoms with Crippen LogP contribution in [0.2, 0.25) is 0 Å². The SMILES string of the molecule is Cc1csc2nc(COC(=O)c3ccc(C(C)(C)C)cc3)cc(=O)n12. The van der Waals surface area contributed by atoms with Gasteiger partial charge < -0.3 is 4.74 Å².